The van der Waals surface area contributed by atoms with Crippen LogP contribution in [0.5, 0.6) is 0 Å². The standard InChI is InChI=1S/C30H30N2O5S2/c1-4-37-30(34)28-26(19-27(38-28)23-13-9-6-10-14-23)31-29(33)24-15-17-25(18-16-24)39(35,36)32(21(2)3)20-22-11-7-5-8-12-22/h5-19,21H,4,20H2,1-3H3,(H,31,33). The first-order valence-electron chi connectivity index (χ1n) is 12.5. The number of hydrogen-bond donors (Lipinski definition) is 1. The van der Waals surface area contributed by atoms with Crippen LogP contribution >= 0.6 is 11.3 Å². The van der Waals surface area contributed by atoms with E-state index in [1.165, 1.54) is 39.9 Å². The van der Waals surface area contributed by atoms with E-state index in [1.54, 1.807) is 13.0 Å². The molecule has 4 aromatic rings. The Labute approximate surface area is 233 Å². The van der Waals surface area contributed by atoms with Gasteiger partial charge in [0.15, 0.2) is 0 Å². The number of benzene rings is 3. The van der Waals surface area contributed by atoms with Gasteiger partial charge in [0.1, 0.15) is 4.88 Å². The summed E-state index contributed by atoms with van der Waals surface area (Å²) in [6.07, 6.45) is 0. The Kier molecular flexibility index (Phi) is 8.96. The van der Waals surface area contributed by atoms with Gasteiger partial charge < -0.3 is 10.1 Å². The number of hydrogen-bond acceptors (Lipinski definition) is 6. The Balaban J connectivity index is 1.57. The Morgan fingerprint density at radius 3 is 2.13 bits per heavy atom. The van der Waals surface area contributed by atoms with Crippen LogP contribution in [0, 0.1) is 0 Å². The van der Waals surface area contributed by atoms with Gasteiger partial charge in [0, 0.05) is 23.0 Å². The molecule has 0 atom stereocenters. The number of amides is 1. The van der Waals surface area contributed by atoms with Crippen molar-refractivity contribution in [3.63, 3.8) is 0 Å². The first-order chi connectivity index (χ1) is 18.7. The molecule has 0 fully saturated rings. The molecular formula is C30H30N2O5S2. The van der Waals surface area contributed by atoms with E-state index >= 15 is 0 Å². The molecule has 0 saturated heterocycles. The van der Waals surface area contributed by atoms with Crippen molar-refractivity contribution in [3.05, 3.63) is 107 Å². The van der Waals surface area contributed by atoms with Crippen molar-refractivity contribution in [3.8, 4) is 10.4 Å². The summed E-state index contributed by atoms with van der Waals surface area (Å²) in [7, 11) is -3.81. The summed E-state index contributed by atoms with van der Waals surface area (Å²) in [6.45, 7) is 5.82. The molecule has 39 heavy (non-hydrogen) atoms. The highest BCUT2D eigenvalue weighted by Crippen LogP contribution is 2.35. The zero-order valence-electron chi connectivity index (χ0n) is 22.0. The van der Waals surface area contributed by atoms with Crippen molar-refractivity contribution < 1.29 is 22.7 Å². The van der Waals surface area contributed by atoms with Crippen molar-refractivity contribution in [2.24, 2.45) is 0 Å². The Hall–Kier alpha value is -3.79. The maximum atomic E-state index is 13.4. The number of thiophene rings is 1. The molecule has 0 radical (unpaired) electrons. The van der Waals surface area contributed by atoms with Gasteiger partial charge in [-0.25, -0.2) is 13.2 Å². The largest absolute Gasteiger partial charge is 0.462 e. The molecule has 3 aromatic carbocycles. The summed E-state index contributed by atoms with van der Waals surface area (Å²) in [6, 6.07) is 26.2. The Bertz CT molecular complexity index is 1530. The highest BCUT2D eigenvalue weighted by atomic mass is 32.2. The van der Waals surface area contributed by atoms with Crippen molar-refractivity contribution in [1.82, 2.24) is 4.31 Å². The fraction of sp³-hybridized carbons (Fsp3) is 0.200. The minimum atomic E-state index is -3.81. The lowest BCUT2D eigenvalue weighted by Gasteiger charge is -2.26. The number of nitrogens with one attached hydrogen (secondary N) is 1. The third-order valence-corrected chi connectivity index (χ3v) is 9.18. The third-order valence-electron chi connectivity index (χ3n) is 5.98. The fourth-order valence-corrected chi connectivity index (χ4v) is 6.63. The number of anilines is 1. The van der Waals surface area contributed by atoms with E-state index in [0.29, 0.717) is 5.69 Å². The van der Waals surface area contributed by atoms with Crippen LogP contribution in [0.2, 0.25) is 0 Å². The molecule has 7 nitrogen and oxygen atoms in total. The Morgan fingerprint density at radius 1 is 0.923 bits per heavy atom. The summed E-state index contributed by atoms with van der Waals surface area (Å²) >= 11 is 1.24. The average molecular weight is 563 g/mol. The smallest absolute Gasteiger partial charge is 0.350 e. The topological polar surface area (TPSA) is 92.8 Å². The molecule has 0 aliphatic rings. The van der Waals surface area contributed by atoms with Gasteiger partial charge in [-0.05, 0) is 62.2 Å². The van der Waals surface area contributed by atoms with Gasteiger partial charge in [-0.15, -0.1) is 11.3 Å². The molecule has 0 aliphatic heterocycles. The molecule has 0 saturated carbocycles. The first kappa shape index (κ1) is 28.2. The van der Waals surface area contributed by atoms with Crippen LogP contribution in [0.25, 0.3) is 10.4 Å². The van der Waals surface area contributed by atoms with E-state index in [4.69, 9.17) is 4.74 Å². The molecule has 0 bridgehead atoms. The number of esters is 1. The highest BCUT2D eigenvalue weighted by Gasteiger charge is 2.27. The summed E-state index contributed by atoms with van der Waals surface area (Å²) < 4.78 is 33.5. The van der Waals surface area contributed by atoms with Crippen LogP contribution < -0.4 is 5.32 Å². The van der Waals surface area contributed by atoms with Crippen LogP contribution in [-0.2, 0) is 21.3 Å². The highest BCUT2D eigenvalue weighted by molar-refractivity contribution is 7.89. The second-order valence-corrected chi connectivity index (χ2v) is 12.0. The minimum absolute atomic E-state index is 0.0952. The van der Waals surface area contributed by atoms with Crippen molar-refractivity contribution in [2.75, 3.05) is 11.9 Å². The quantitative estimate of drug-likeness (QED) is 0.225. The molecule has 1 aromatic heterocycles. The molecular weight excluding hydrogens is 532 g/mol. The normalized spacial score (nSPS) is 11.5. The van der Waals surface area contributed by atoms with Gasteiger partial charge >= 0.3 is 5.97 Å². The second-order valence-electron chi connectivity index (χ2n) is 9.05. The molecule has 0 aliphatic carbocycles. The van der Waals surface area contributed by atoms with E-state index in [2.05, 4.69) is 5.32 Å². The first-order valence-corrected chi connectivity index (χ1v) is 14.8. The van der Waals surface area contributed by atoms with Gasteiger partial charge in [0.2, 0.25) is 10.0 Å². The predicted octanol–water partition coefficient (Wildman–Crippen LogP) is 6.44. The SMILES string of the molecule is CCOC(=O)c1sc(-c2ccccc2)cc1NC(=O)c1ccc(S(=O)(=O)N(Cc2ccccc2)C(C)C)cc1. The predicted molar refractivity (Wildman–Crippen MR) is 154 cm³/mol. The molecule has 4 rings (SSSR count). The molecule has 0 spiro atoms. The van der Waals surface area contributed by atoms with Gasteiger partial charge in [-0.2, -0.15) is 4.31 Å². The number of carbonyl (C=O) groups excluding carboxylic acids is 2. The van der Waals surface area contributed by atoms with Crippen LogP contribution in [0.1, 0.15) is 46.4 Å². The van der Waals surface area contributed by atoms with Crippen molar-refractivity contribution >= 4 is 38.9 Å². The zero-order valence-corrected chi connectivity index (χ0v) is 23.6. The Morgan fingerprint density at radius 2 is 1.54 bits per heavy atom. The van der Waals surface area contributed by atoms with Gasteiger partial charge in [0.05, 0.1) is 17.2 Å². The van der Waals surface area contributed by atoms with Crippen molar-refractivity contribution in [1.29, 1.82) is 0 Å². The number of ether oxygens (including phenoxy) is 1. The summed E-state index contributed by atoms with van der Waals surface area (Å²) in [5, 5.41) is 2.80. The van der Waals surface area contributed by atoms with E-state index in [1.807, 2.05) is 74.5 Å². The fourth-order valence-electron chi connectivity index (χ4n) is 3.99. The summed E-state index contributed by atoms with van der Waals surface area (Å²) in [4.78, 5) is 26.9. The maximum absolute atomic E-state index is 13.4. The lowest BCUT2D eigenvalue weighted by molar-refractivity contribution is 0.0533. The third kappa shape index (κ3) is 6.62. The minimum Gasteiger partial charge on any atom is -0.462 e. The van der Waals surface area contributed by atoms with Gasteiger partial charge in [0.25, 0.3) is 5.91 Å². The number of rotatable bonds is 10. The number of nitrogens with zero attached hydrogens (tertiary/aromatic N) is 1. The van der Waals surface area contributed by atoms with Crippen LogP contribution in [-0.4, -0.2) is 37.2 Å². The van der Waals surface area contributed by atoms with E-state index in [9.17, 15) is 18.0 Å². The molecule has 1 N–H and O–H groups in total. The van der Waals surface area contributed by atoms with Crippen molar-refractivity contribution in [2.45, 2.75) is 38.3 Å². The van der Waals surface area contributed by atoms with Crippen LogP contribution in [0.3, 0.4) is 0 Å². The lowest BCUT2D eigenvalue weighted by atomic mass is 10.2. The maximum Gasteiger partial charge on any atom is 0.350 e. The monoisotopic (exact) mass is 562 g/mol. The van der Waals surface area contributed by atoms with Gasteiger partial charge in [-0.1, -0.05) is 60.7 Å². The molecule has 1 amide bonds. The van der Waals surface area contributed by atoms with Gasteiger partial charge in [-0.3, -0.25) is 4.79 Å². The summed E-state index contributed by atoms with van der Waals surface area (Å²) in [5.74, 6) is -0.986. The summed E-state index contributed by atoms with van der Waals surface area (Å²) in [5.41, 5.74) is 2.39. The second kappa shape index (κ2) is 12.4. The average Bonchev–Trinajstić information content (AvgIpc) is 3.36. The molecule has 202 valence electrons. The van der Waals surface area contributed by atoms with E-state index < -0.39 is 21.9 Å². The molecule has 0 unspecified atom stereocenters. The molecule has 9 heteroatoms. The van der Waals surface area contributed by atoms with Crippen LogP contribution in [0.4, 0.5) is 5.69 Å². The molecule has 1 heterocycles. The lowest BCUT2D eigenvalue weighted by Crippen LogP contribution is -2.36. The number of sulfonamides is 1. The van der Waals surface area contributed by atoms with Crippen LogP contribution in [0.15, 0.2) is 95.9 Å². The van der Waals surface area contributed by atoms with E-state index in [0.717, 1.165) is 16.0 Å². The van der Waals surface area contributed by atoms with E-state index in [-0.39, 0.29) is 34.5 Å². The number of carbonyl (C=O) groups is 2. The zero-order chi connectivity index (χ0) is 28.0.